The molecule has 1 unspecified atom stereocenters. The Morgan fingerprint density at radius 1 is 1.32 bits per heavy atom. The molecule has 0 aromatic rings. The normalized spacial score (nSPS) is 20.3. The number of piperazine rings is 1. The minimum Gasteiger partial charge on any atom is -0.386 e. The van der Waals surface area contributed by atoms with Gasteiger partial charge in [0.1, 0.15) is 5.84 Å². The van der Waals surface area contributed by atoms with E-state index in [1.807, 2.05) is 13.8 Å². The van der Waals surface area contributed by atoms with Crippen LogP contribution in [0.25, 0.3) is 0 Å². The first kappa shape index (κ1) is 16.4. The van der Waals surface area contributed by atoms with Crippen LogP contribution in [-0.2, 0) is 10.2 Å². The molecule has 0 spiro atoms. The summed E-state index contributed by atoms with van der Waals surface area (Å²) in [5.41, 5.74) is 5.56. The van der Waals surface area contributed by atoms with Crippen LogP contribution in [0.2, 0.25) is 0 Å². The molecule has 7 nitrogen and oxygen atoms in total. The average molecular weight is 291 g/mol. The van der Waals surface area contributed by atoms with Crippen LogP contribution in [0.4, 0.5) is 0 Å². The molecule has 0 saturated carbocycles. The van der Waals surface area contributed by atoms with Gasteiger partial charge in [0.05, 0.1) is 6.04 Å². The largest absolute Gasteiger partial charge is 0.386 e. The SMILES string of the molecule is CCCNS(=O)(=O)N1CCN(C(CC)C(=N)N)CC1. The van der Waals surface area contributed by atoms with E-state index in [0.717, 1.165) is 12.8 Å². The van der Waals surface area contributed by atoms with Crippen molar-refractivity contribution in [2.45, 2.75) is 32.7 Å². The molecule has 0 aromatic carbocycles. The van der Waals surface area contributed by atoms with Crippen LogP contribution in [0.5, 0.6) is 0 Å². The minimum absolute atomic E-state index is 0.0755. The van der Waals surface area contributed by atoms with Gasteiger partial charge in [-0.25, -0.2) is 4.72 Å². The topological polar surface area (TPSA) is 103 Å². The highest BCUT2D eigenvalue weighted by Crippen LogP contribution is 2.11. The van der Waals surface area contributed by atoms with Crippen LogP contribution in [0, 0.1) is 5.41 Å². The predicted octanol–water partition coefficient (Wildman–Crippen LogP) is -0.437. The molecule has 1 aliphatic rings. The lowest BCUT2D eigenvalue weighted by molar-refractivity contribution is 0.163. The average Bonchev–Trinajstić information content (AvgIpc) is 2.37. The molecule has 1 atom stereocenters. The molecule has 0 amide bonds. The Hall–Kier alpha value is -0.700. The van der Waals surface area contributed by atoms with Crippen LogP contribution in [0.15, 0.2) is 0 Å². The van der Waals surface area contributed by atoms with Crippen molar-refractivity contribution in [3.8, 4) is 0 Å². The van der Waals surface area contributed by atoms with Gasteiger partial charge in [0.15, 0.2) is 0 Å². The molecule has 8 heteroatoms. The Morgan fingerprint density at radius 2 is 1.89 bits per heavy atom. The van der Waals surface area contributed by atoms with E-state index in [-0.39, 0.29) is 11.9 Å². The summed E-state index contributed by atoms with van der Waals surface area (Å²) in [7, 11) is -3.35. The maximum Gasteiger partial charge on any atom is 0.279 e. The van der Waals surface area contributed by atoms with Crippen molar-refractivity contribution >= 4 is 16.0 Å². The van der Waals surface area contributed by atoms with Gasteiger partial charge in [-0.3, -0.25) is 10.3 Å². The highest BCUT2D eigenvalue weighted by Gasteiger charge is 2.29. The second-order valence-electron chi connectivity index (χ2n) is 4.71. The van der Waals surface area contributed by atoms with Crippen LogP contribution >= 0.6 is 0 Å². The molecule has 4 N–H and O–H groups in total. The number of nitrogens with two attached hydrogens (primary N) is 1. The summed E-state index contributed by atoms with van der Waals surface area (Å²) >= 11 is 0. The summed E-state index contributed by atoms with van der Waals surface area (Å²) in [6.45, 7) is 6.51. The lowest BCUT2D eigenvalue weighted by Crippen LogP contribution is -2.56. The minimum atomic E-state index is -3.35. The Balaban J connectivity index is 2.55. The van der Waals surface area contributed by atoms with Crippen molar-refractivity contribution in [2.24, 2.45) is 5.73 Å². The predicted molar refractivity (Wildman–Crippen MR) is 76.4 cm³/mol. The number of rotatable bonds is 7. The van der Waals surface area contributed by atoms with Crippen molar-refractivity contribution in [3.63, 3.8) is 0 Å². The Morgan fingerprint density at radius 3 is 2.32 bits per heavy atom. The lowest BCUT2D eigenvalue weighted by atomic mass is 10.1. The molecule has 1 saturated heterocycles. The second kappa shape index (κ2) is 7.18. The maximum atomic E-state index is 12.0. The van der Waals surface area contributed by atoms with E-state index in [4.69, 9.17) is 11.1 Å². The fourth-order valence-corrected chi connectivity index (χ4v) is 3.54. The Kier molecular flexibility index (Phi) is 6.18. The second-order valence-corrected chi connectivity index (χ2v) is 6.47. The fraction of sp³-hybridized carbons (Fsp3) is 0.909. The molecule has 1 heterocycles. The summed E-state index contributed by atoms with van der Waals surface area (Å²) in [5, 5.41) is 7.54. The highest BCUT2D eigenvalue weighted by atomic mass is 32.2. The Labute approximate surface area is 115 Å². The van der Waals surface area contributed by atoms with Gasteiger partial charge in [0, 0.05) is 32.7 Å². The standard InChI is InChI=1S/C11H25N5O2S/c1-3-5-14-19(17,18)16-8-6-15(7-9-16)10(4-2)11(12)13/h10,14H,3-9H2,1-2H3,(H3,12,13). The molecule has 1 aliphatic heterocycles. The molecular weight excluding hydrogens is 266 g/mol. The quantitative estimate of drug-likeness (QED) is 0.437. The van der Waals surface area contributed by atoms with E-state index in [2.05, 4.69) is 9.62 Å². The monoisotopic (exact) mass is 291 g/mol. The van der Waals surface area contributed by atoms with Gasteiger partial charge in [-0.05, 0) is 12.8 Å². The van der Waals surface area contributed by atoms with Gasteiger partial charge in [0.2, 0.25) is 0 Å². The maximum absolute atomic E-state index is 12.0. The number of nitrogens with zero attached hydrogens (tertiary/aromatic N) is 2. The third kappa shape index (κ3) is 4.41. The summed E-state index contributed by atoms with van der Waals surface area (Å²) < 4.78 is 27.9. The van der Waals surface area contributed by atoms with Gasteiger partial charge in [-0.1, -0.05) is 13.8 Å². The first-order valence-electron chi connectivity index (χ1n) is 6.75. The van der Waals surface area contributed by atoms with Crippen molar-refractivity contribution in [1.82, 2.24) is 13.9 Å². The molecule has 0 radical (unpaired) electrons. The lowest BCUT2D eigenvalue weighted by Gasteiger charge is -2.37. The van der Waals surface area contributed by atoms with Crippen LogP contribution in [0.1, 0.15) is 26.7 Å². The first-order valence-corrected chi connectivity index (χ1v) is 8.19. The zero-order valence-corrected chi connectivity index (χ0v) is 12.5. The smallest absolute Gasteiger partial charge is 0.279 e. The van der Waals surface area contributed by atoms with Crippen molar-refractivity contribution in [1.29, 1.82) is 5.41 Å². The number of nitrogens with one attached hydrogen (secondary N) is 2. The molecule has 0 aromatic heterocycles. The first-order chi connectivity index (χ1) is 8.92. The van der Waals surface area contributed by atoms with Crippen LogP contribution < -0.4 is 10.5 Å². The van der Waals surface area contributed by atoms with E-state index in [1.165, 1.54) is 4.31 Å². The van der Waals surface area contributed by atoms with Gasteiger partial charge in [-0.15, -0.1) is 0 Å². The van der Waals surface area contributed by atoms with Crippen LogP contribution in [-0.4, -0.2) is 62.2 Å². The molecule has 1 rings (SSSR count). The van der Waals surface area contributed by atoms with Crippen molar-refractivity contribution < 1.29 is 8.42 Å². The Bertz CT molecular complexity index is 390. The molecule has 0 bridgehead atoms. The summed E-state index contributed by atoms with van der Waals surface area (Å²) in [4.78, 5) is 2.08. The number of amidine groups is 1. The van der Waals surface area contributed by atoms with E-state index < -0.39 is 10.2 Å². The zero-order valence-electron chi connectivity index (χ0n) is 11.7. The molecule has 1 fully saturated rings. The third-order valence-corrected chi connectivity index (χ3v) is 4.95. The third-order valence-electron chi connectivity index (χ3n) is 3.33. The summed E-state index contributed by atoms with van der Waals surface area (Å²) in [6.07, 6.45) is 1.55. The van der Waals surface area contributed by atoms with Gasteiger partial charge in [-0.2, -0.15) is 12.7 Å². The van der Waals surface area contributed by atoms with Gasteiger partial charge >= 0.3 is 0 Å². The van der Waals surface area contributed by atoms with Gasteiger partial charge in [0.25, 0.3) is 10.2 Å². The molecule has 19 heavy (non-hydrogen) atoms. The van der Waals surface area contributed by atoms with Crippen molar-refractivity contribution in [3.05, 3.63) is 0 Å². The number of hydrogen-bond acceptors (Lipinski definition) is 4. The molecule has 112 valence electrons. The fourth-order valence-electron chi connectivity index (χ4n) is 2.25. The van der Waals surface area contributed by atoms with Gasteiger partial charge < -0.3 is 5.73 Å². The number of hydrogen-bond donors (Lipinski definition) is 3. The van der Waals surface area contributed by atoms with Crippen molar-refractivity contribution in [2.75, 3.05) is 32.7 Å². The summed E-state index contributed by atoms with van der Waals surface area (Å²) in [6, 6.07) is -0.0755. The van der Waals surface area contributed by atoms with E-state index in [1.54, 1.807) is 0 Å². The zero-order chi connectivity index (χ0) is 14.5. The summed E-state index contributed by atoms with van der Waals surface area (Å²) in [5.74, 6) is 0.155. The van der Waals surface area contributed by atoms with E-state index in [0.29, 0.717) is 32.7 Å². The molecular formula is C11H25N5O2S. The van der Waals surface area contributed by atoms with E-state index in [9.17, 15) is 8.42 Å². The van der Waals surface area contributed by atoms with Crippen LogP contribution in [0.3, 0.4) is 0 Å². The highest BCUT2D eigenvalue weighted by molar-refractivity contribution is 7.87. The molecule has 0 aliphatic carbocycles. The van der Waals surface area contributed by atoms with E-state index >= 15 is 0 Å².